The lowest BCUT2D eigenvalue weighted by Crippen LogP contribution is -2.23. The second-order valence-electron chi connectivity index (χ2n) is 6.66. The molecule has 0 unspecified atom stereocenters. The number of nitriles is 1. The summed E-state index contributed by atoms with van der Waals surface area (Å²) in [6, 6.07) is 24.9. The van der Waals surface area contributed by atoms with Crippen LogP contribution < -0.4 is 14.8 Å². The van der Waals surface area contributed by atoms with Gasteiger partial charge in [0.2, 0.25) is 0 Å². The van der Waals surface area contributed by atoms with Crippen LogP contribution in [0.5, 0.6) is 11.5 Å². The Kier molecular flexibility index (Phi) is 8.07. The lowest BCUT2D eigenvalue weighted by Gasteiger charge is -2.09. The van der Waals surface area contributed by atoms with Crippen LogP contribution in [-0.4, -0.2) is 13.0 Å². The lowest BCUT2D eigenvalue weighted by atomic mass is 10.1. The minimum absolute atomic E-state index is 0.0438. The number of carbonyl (C=O) groups is 1. The highest BCUT2D eigenvalue weighted by Gasteiger charge is 2.10. The van der Waals surface area contributed by atoms with Crippen LogP contribution in [0.25, 0.3) is 6.08 Å². The molecule has 5 nitrogen and oxygen atoms in total. The molecule has 0 aliphatic heterocycles. The first kappa shape index (κ1) is 22.4. The van der Waals surface area contributed by atoms with Gasteiger partial charge >= 0.3 is 0 Å². The van der Waals surface area contributed by atoms with Gasteiger partial charge in [0.05, 0.1) is 10.7 Å². The molecule has 0 saturated carbocycles. The number of nitrogens with zero attached hydrogens (tertiary/aromatic N) is 1. The van der Waals surface area contributed by atoms with Gasteiger partial charge in [0.1, 0.15) is 29.7 Å². The Bertz CT molecular complexity index is 1100. The van der Waals surface area contributed by atoms with Gasteiger partial charge in [0, 0.05) is 6.54 Å². The first-order valence-electron chi connectivity index (χ1n) is 9.58. The van der Waals surface area contributed by atoms with Gasteiger partial charge in [-0.3, -0.25) is 4.79 Å². The van der Waals surface area contributed by atoms with E-state index < -0.39 is 5.91 Å². The molecule has 6 heteroatoms. The van der Waals surface area contributed by atoms with Gasteiger partial charge in [-0.1, -0.05) is 48.5 Å². The van der Waals surface area contributed by atoms with E-state index in [0.717, 1.165) is 31.8 Å². The number of halogens is 1. The van der Waals surface area contributed by atoms with E-state index in [9.17, 15) is 10.1 Å². The Morgan fingerprint density at radius 3 is 2.45 bits per heavy atom. The molecule has 1 N–H and O–H groups in total. The first-order valence-corrected chi connectivity index (χ1v) is 10.7. The Morgan fingerprint density at radius 1 is 1.06 bits per heavy atom. The number of hydrogen-bond acceptors (Lipinski definition) is 4. The molecule has 0 aliphatic carbocycles. The maximum atomic E-state index is 12.4. The fraction of sp³-hybridized carbons (Fsp3) is 0.120. The van der Waals surface area contributed by atoms with Crippen LogP contribution in [0.3, 0.4) is 0 Å². The van der Waals surface area contributed by atoms with E-state index in [1.807, 2.05) is 78.9 Å². The molecular weight excluding hydrogens is 503 g/mol. The van der Waals surface area contributed by atoms with Gasteiger partial charge in [-0.15, -0.1) is 0 Å². The largest absolute Gasteiger partial charge is 0.497 e. The highest BCUT2D eigenvalue weighted by molar-refractivity contribution is 14.1. The van der Waals surface area contributed by atoms with Gasteiger partial charge in [-0.25, -0.2) is 0 Å². The van der Waals surface area contributed by atoms with Crippen molar-refractivity contribution in [1.82, 2.24) is 5.32 Å². The van der Waals surface area contributed by atoms with E-state index >= 15 is 0 Å². The third-order valence-electron chi connectivity index (χ3n) is 4.48. The molecule has 0 aromatic heterocycles. The maximum absolute atomic E-state index is 12.4. The quantitative estimate of drug-likeness (QED) is 0.253. The molecule has 156 valence electrons. The number of carbonyl (C=O) groups excluding carboxylic acids is 1. The Balaban J connectivity index is 1.63. The minimum Gasteiger partial charge on any atom is -0.497 e. The molecule has 3 aromatic carbocycles. The molecule has 0 bridgehead atoms. The number of benzene rings is 3. The molecule has 0 heterocycles. The number of nitrogens with one attached hydrogen (secondary N) is 1. The highest BCUT2D eigenvalue weighted by Crippen LogP contribution is 2.24. The average Bonchev–Trinajstić information content (AvgIpc) is 2.81. The van der Waals surface area contributed by atoms with Gasteiger partial charge in [-0.05, 0) is 69.6 Å². The zero-order valence-electron chi connectivity index (χ0n) is 17.0. The molecule has 0 atom stereocenters. The van der Waals surface area contributed by atoms with E-state index in [2.05, 4.69) is 27.9 Å². The highest BCUT2D eigenvalue weighted by atomic mass is 127. The molecule has 3 aromatic rings. The number of rotatable bonds is 8. The van der Waals surface area contributed by atoms with Crippen LogP contribution >= 0.6 is 22.6 Å². The summed E-state index contributed by atoms with van der Waals surface area (Å²) in [5.41, 5.74) is 2.80. The molecule has 31 heavy (non-hydrogen) atoms. The van der Waals surface area contributed by atoms with E-state index in [4.69, 9.17) is 9.47 Å². The minimum atomic E-state index is -0.419. The van der Waals surface area contributed by atoms with Crippen molar-refractivity contribution in [1.29, 1.82) is 5.26 Å². The van der Waals surface area contributed by atoms with Crippen molar-refractivity contribution >= 4 is 34.6 Å². The fourth-order valence-electron chi connectivity index (χ4n) is 2.80. The maximum Gasteiger partial charge on any atom is 0.262 e. The standard InChI is InChI=1S/C25H21IN2O3/c1-30-22-10-7-18(8-11-22)16-28-25(29)21(15-27)13-20-9-12-24(23(26)14-20)31-17-19-5-3-2-4-6-19/h2-14H,16-17H2,1H3,(H,28,29)/b21-13-. The van der Waals surface area contributed by atoms with Crippen LogP contribution in [0.15, 0.2) is 78.4 Å². The molecule has 0 aliphatic rings. The van der Waals surface area contributed by atoms with Crippen molar-refractivity contribution in [2.75, 3.05) is 7.11 Å². The van der Waals surface area contributed by atoms with Crippen molar-refractivity contribution in [3.63, 3.8) is 0 Å². The van der Waals surface area contributed by atoms with E-state index in [1.54, 1.807) is 13.2 Å². The molecule has 1 amide bonds. The molecular formula is C25H21IN2O3. The lowest BCUT2D eigenvalue weighted by molar-refractivity contribution is -0.117. The third kappa shape index (κ3) is 6.59. The molecule has 0 spiro atoms. The number of methoxy groups -OCH3 is 1. The summed E-state index contributed by atoms with van der Waals surface area (Å²) in [7, 11) is 1.60. The van der Waals surface area contributed by atoms with Crippen molar-refractivity contribution in [3.8, 4) is 17.6 Å². The van der Waals surface area contributed by atoms with Crippen molar-refractivity contribution in [2.45, 2.75) is 13.2 Å². The van der Waals surface area contributed by atoms with Gasteiger partial charge in [0.15, 0.2) is 0 Å². The predicted octanol–water partition coefficient (Wildman–Crippen LogP) is 5.10. The van der Waals surface area contributed by atoms with Gasteiger partial charge in [0.25, 0.3) is 5.91 Å². The molecule has 0 saturated heterocycles. The van der Waals surface area contributed by atoms with Crippen molar-refractivity contribution in [2.24, 2.45) is 0 Å². The Hall–Kier alpha value is -3.31. The zero-order valence-corrected chi connectivity index (χ0v) is 19.1. The van der Waals surface area contributed by atoms with E-state index in [-0.39, 0.29) is 5.57 Å². The summed E-state index contributed by atoms with van der Waals surface area (Å²) < 4.78 is 11.9. The number of hydrogen-bond donors (Lipinski definition) is 1. The fourth-order valence-corrected chi connectivity index (χ4v) is 3.49. The van der Waals surface area contributed by atoms with E-state index in [0.29, 0.717) is 13.2 Å². The second kappa shape index (κ2) is 11.2. The average molecular weight is 524 g/mol. The smallest absolute Gasteiger partial charge is 0.262 e. The van der Waals surface area contributed by atoms with Crippen LogP contribution in [-0.2, 0) is 17.9 Å². The summed E-state index contributed by atoms with van der Waals surface area (Å²) in [6.45, 7) is 0.800. The predicted molar refractivity (Wildman–Crippen MR) is 128 cm³/mol. The normalized spacial score (nSPS) is 10.8. The van der Waals surface area contributed by atoms with Gasteiger partial charge < -0.3 is 14.8 Å². The van der Waals surface area contributed by atoms with Crippen LogP contribution in [0.2, 0.25) is 0 Å². The topological polar surface area (TPSA) is 71.3 Å². The molecule has 0 fully saturated rings. The summed E-state index contributed by atoms with van der Waals surface area (Å²) in [4.78, 5) is 12.4. The van der Waals surface area contributed by atoms with Gasteiger partial charge in [-0.2, -0.15) is 5.26 Å². The van der Waals surface area contributed by atoms with Crippen LogP contribution in [0.1, 0.15) is 16.7 Å². The first-order chi connectivity index (χ1) is 15.1. The summed E-state index contributed by atoms with van der Waals surface area (Å²) >= 11 is 2.19. The second-order valence-corrected chi connectivity index (χ2v) is 7.83. The van der Waals surface area contributed by atoms with Crippen molar-refractivity contribution in [3.05, 3.63) is 98.6 Å². The number of amides is 1. The molecule has 0 radical (unpaired) electrons. The van der Waals surface area contributed by atoms with Crippen LogP contribution in [0, 0.1) is 14.9 Å². The molecule has 3 rings (SSSR count). The third-order valence-corrected chi connectivity index (χ3v) is 5.32. The Morgan fingerprint density at radius 2 is 1.81 bits per heavy atom. The Labute approximate surface area is 195 Å². The summed E-state index contributed by atoms with van der Waals surface area (Å²) in [5, 5.41) is 12.2. The summed E-state index contributed by atoms with van der Waals surface area (Å²) in [5.74, 6) is 1.08. The SMILES string of the molecule is COc1ccc(CNC(=O)/C(C#N)=C\c2ccc(OCc3ccccc3)c(I)c2)cc1. The zero-order chi connectivity index (χ0) is 22.1. The van der Waals surface area contributed by atoms with Crippen molar-refractivity contribution < 1.29 is 14.3 Å². The van der Waals surface area contributed by atoms with E-state index in [1.165, 1.54) is 0 Å². The van der Waals surface area contributed by atoms with Crippen LogP contribution in [0.4, 0.5) is 0 Å². The number of ether oxygens (including phenoxy) is 2. The summed E-state index contributed by atoms with van der Waals surface area (Å²) in [6.07, 6.45) is 1.58. The monoisotopic (exact) mass is 524 g/mol.